The average Bonchev–Trinajstić information content (AvgIpc) is 3.12. The number of benzene rings is 1. The molecule has 2 aromatic heterocycles. The van der Waals surface area contributed by atoms with Crippen LogP contribution in [0.5, 0.6) is 5.75 Å². The van der Waals surface area contributed by atoms with Crippen molar-refractivity contribution in [1.29, 1.82) is 0 Å². The van der Waals surface area contributed by atoms with Crippen molar-refractivity contribution in [3.8, 4) is 11.4 Å². The van der Waals surface area contributed by atoms with Crippen LogP contribution in [0.3, 0.4) is 0 Å². The van der Waals surface area contributed by atoms with Crippen LogP contribution in [0.15, 0.2) is 54.7 Å². The number of aromatic nitrogens is 2. The van der Waals surface area contributed by atoms with E-state index < -0.39 is 0 Å². The van der Waals surface area contributed by atoms with E-state index in [0.29, 0.717) is 5.11 Å². The molecule has 1 fully saturated rings. The number of hydrogen-bond donors (Lipinski definition) is 2. The summed E-state index contributed by atoms with van der Waals surface area (Å²) < 4.78 is 2.09. The number of pyridine rings is 1. The van der Waals surface area contributed by atoms with Gasteiger partial charge >= 0.3 is 0 Å². The van der Waals surface area contributed by atoms with Crippen LogP contribution in [-0.4, -0.2) is 31.7 Å². The molecule has 3 heterocycles. The molecule has 0 bridgehead atoms. The number of phenols is 1. The first-order valence-electron chi connectivity index (χ1n) is 8.90. The monoisotopic (exact) mass is 378 g/mol. The molecular formula is C21H22N4OS. The van der Waals surface area contributed by atoms with E-state index in [1.165, 1.54) is 5.56 Å². The average molecular weight is 379 g/mol. The second-order valence-electron chi connectivity index (χ2n) is 6.89. The Morgan fingerprint density at radius 3 is 2.56 bits per heavy atom. The highest BCUT2D eigenvalue weighted by molar-refractivity contribution is 7.80. The molecule has 4 rings (SSSR count). The lowest BCUT2D eigenvalue weighted by molar-refractivity contribution is 0.367. The van der Waals surface area contributed by atoms with E-state index in [4.69, 9.17) is 12.2 Å². The number of rotatable bonds is 3. The predicted octanol–water partition coefficient (Wildman–Crippen LogP) is 3.80. The van der Waals surface area contributed by atoms with Gasteiger partial charge in [-0.2, -0.15) is 0 Å². The zero-order chi connectivity index (χ0) is 19.1. The maximum atomic E-state index is 10.3. The first-order chi connectivity index (χ1) is 13.0. The minimum absolute atomic E-state index is 0.0259. The molecule has 0 aliphatic carbocycles. The number of para-hydroxylation sites is 2. The SMILES string of the molecule is Cc1cc([C@H]2[C@H](c3ccccn3)NC(=S)N2C)c(C)n1-c1ccccc1O. The molecule has 1 aromatic carbocycles. The van der Waals surface area contributed by atoms with Crippen LogP contribution in [0.1, 0.15) is 34.7 Å². The van der Waals surface area contributed by atoms with E-state index in [9.17, 15) is 5.11 Å². The van der Waals surface area contributed by atoms with Crippen molar-refractivity contribution in [2.24, 2.45) is 0 Å². The molecule has 1 aliphatic rings. The number of nitrogens with one attached hydrogen (secondary N) is 1. The third kappa shape index (κ3) is 2.86. The van der Waals surface area contributed by atoms with Crippen molar-refractivity contribution in [2.75, 3.05) is 7.05 Å². The van der Waals surface area contributed by atoms with Gasteiger partial charge < -0.3 is 19.9 Å². The first-order valence-corrected chi connectivity index (χ1v) is 9.31. The van der Waals surface area contributed by atoms with Crippen LogP contribution in [0.2, 0.25) is 0 Å². The second-order valence-corrected chi connectivity index (χ2v) is 7.27. The maximum absolute atomic E-state index is 10.3. The Kier molecular flexibility index (Phi) is 4.36. The van der Waals surface area contributed by atoms with Gasteiger partial charge in [-0.15, -0.1) is 0 Å². The number of phenolic OH excluding ortho intramolecular Hbond substituents is 1. The zero-order valence-corrected chi connectivity index (χ0v) is 16.4. The van der Waals surface area contributed by atoms with Crippen LogP contribution >= 0.6 is 12.2 Å². The standard InChI is InChI=1S/C21H22N4OS/c1-13-12-15(14(2)25(13)17-9-4-5-10-18(17)26)20-19(23-21(27)24(20)3)16-8-6-7-11-22-16/h4-12,19-20,26H,1-3H3,(H,23,27)/t19-,20-/m0/s1. The maximum Gasteiger partial charge on any atom is 0.169 e. The summed E-state index contributed by atoms with van der Waals surface area (Å²) in [6, 6.07) is 15.5. The highest BCUT2D eigenvalue weighted by Crippen LogP contribution is 2.40. The minimum atomic E-state index is -0.0259. The van der Waals surface area contributed by atoms with Gasteiger partial charge in [0.2, 0.25) is 0 Å². The molecule has 1 aliphatic heterocycles. The first kappa shape index (κ1) is 17.5. The van der Waals surface area contributed by atoms with Gasteiger partial charge in [0.1, 0.15) is 5.75 Å². The van der Waals surface area contributed by atoms with Gasteiger partial charge in [-0.1, -0.05) is 18.2 Å². The largest absolute Gasteiger partial charge is 0.506 e. The Hall–Kier alpha value is -2.86. The number of likely N-dealkylation sites (N-methyl/N-ethyl adjacent to an activating group) is 1. The third-order valence-electron chi connectivity index (χ3n) is 5.25. The fraction of sp³-hybridized carbons (Fsp3) is 0.238. The Morgan fingerprint density at radius 1 is 1.11 bits per heavy atom. The van der Waals surface area contributed by atoms with Crippen molar-refractivity contribution in [1.82, 2.24) is 19.8 Å². The van der Waals surface area contributed by atoms with Gasteiger partial charge in [-0.25, -0.2) is 0 Å². The summed E-state index contributed by atoms with van der Waals surface area (Å²) in [5.74, 6) is 0.264. The lowest BCUT2D eigenvalue weighted by Crippen LogP contribution is -2.25. The van der Waals surface area contributed by atoms with Crippen LogP contribution in [-0.2, 0) is 0 Å². The fourth-order valence-corrected chi connectivity index (χ4v) is 4.20. The normalized spacial score (nSPS) is 19.4. The van der Waals surface area contributed by atoms with Gasteiger partial charge in [-0.3, -0.25) is 4.98 Å². The molecule has 2 atom stereocenters. The van der Waals surface area contributed by atoms with Crippen molar-refractivity contribution >= 4 is 17.3 Å². The highest BCUT2D eigenvalue weighted by Gasteiger charge is 2.39. The van der Waals surface area contributed by atoms with Gasteiger partial charge in [0.15, 0.2) is 5.11 Å². The number of aromatic hydroxyl groups is 1. The molecule has 2 N–H and O–H groups in total. The molecule has 0 spiro atoms. The van der Waals surface area contributed by atoms with Gasteiger partial charge in [0.05, 0.1) is 23.5 Å². The van der Waals surface area contributed by atoms with Crippen molar-refractivity contribution in [3.05, 3.63) is 77.4 Å². The molecule has 5 nitrogen and oxygen atoms in total. The summed E-state index contributed by atoms with van der Waals surface area (Å²) in [4.78, 5) is 6.63. The third-order valence-corrected chi connectivity index (χ3v) is 5.66. The van der Waals surface area contributed by atoms with E-state index >= 15 is 0 Å². The molecule has 138 valence electrons. The van der Waals surface area contributed by atoms with Crippen LogP contribution in [0, 0.1) is 13.8 Å². The summed E-state index contributed by atoms with van der Waals surface area (Å²) in [7, 11) is 2.01. The topological polar surface area (TPSA) is 53.3 Å². The Bertz CT molecular complexity index is 999. The lowest BCUT2D eigenvalue weighted by Gasteiger charge is -2.24. The summed E-state index contributed by atoms with van der Waals surface area (Å²) in [6.45, 7) is 4.14. The van der Waals surface area contributed by atoms with Gasteiger partial charge in [-0.05, 0) is 62.0 Å². The molecule has 1 saturated heterocycles. The lowest BCUT2D eigenvalue weighted by atomic mass is 9.97. The highest BCUT2D eigenvalue weighted by atomic mass is 32.1. The summed E-state index contributed by atoms with van der Waals surface area (Å²) in [5, 5.41) is 14.5. The molecule has 3 aromatic rings. The summed E-state index contributed by atoms with van der Waals surface area (Å²) in [5.41, 5.74) is 5.06. The number of hydrogen-bond acceptors (Lipinski definition) is 3. The molecule has 0 amide bonds. The van der Waals surface area contributed by atoms with Crippen molar-refractivity contribution in [2.45, 2.75) is 25.9 Å². The smallest absolute Gasteiger partial charge is 0.169 e. The van der Waals surface area contributed by atoms with Crippen LogP contribution in [0.4, 0.5) is 0 Å². The fourth-order valence-electron chi connectivity index (χ4n) is 3.96. The molecule has 0 saturated carbocycles. The van der Waals surface area contributed by atoms with Crippen molar-refractivity contribution < 1.29 is 5.11 Å². The molecule has 0 radical (unpaired) electrons. The van der Waals surface area contributed by atoms with Gasteiger partial charge in [0.25, 0.3) is 0 Å². The van der Waals surface area contributed by atoms with E-state index in [1.807, 2.05) is 43.4 Å². The van der Waals surface area contributed by atoms with E-state index in [2.05, 4.69) is 39.7 Å². The minimum Gasteiger partial charge on any atom is -0.506 e. The van der Waals surface area contributed by atoms with Gasteiger partial charge in [0, 0.05) is 24.6 Å². The molecule has 27 heavy (non-hydrogen) atoms. The quantitative estimate of drug-likeness (QED) is 0.679. The molecule has 0 unspecified atom stereocenters. The van der Waals surface area contributed by atoms with Crippen LogP contribution < -0.4 is 5.32 Å². The Balaban J connectivity index is 1.84. The van der Waals surface area contributed by atoms with E-state index in [1.54, 1.807) is 12.3 Å². The predicted molar refractivity (Wildman–Crippen MR) is 110 cm³/mol. The second kappa shape index (κ2) is 6.70. The van der Waals surface area contributed by atoms with Crippen molar-refractivity contribution in [3.63, 3.8) is 0 Å². The van der Waals surface area contributed by atoms with E-state index in [0.717, 1.165) is 22.8 Å². The number of nitrogens with zero attached hydrogens (tertiary/aromatic N) is 3. The summed E-state index contributed by atoms with van der Waals surface area (Å²) in [6.07, 6.45) is 1.81. The summed E-state index contributed by atoms with van der Waals surface area (Å²) >= 11 is 5.53. The van der Waals surface area contributed by atoms with Crippen LogP contribution in [0.25, 0.3) is 5.69 Å². The van der Waals surface area contributed by atoms with E-state index in [-0.39, 0.29) is 17.8 Å². The number of aryl methyl sites for hydroxylation is 1. The number of thiocarbonyl (C=S) groups is 1. The molecule has 6 heteroatoms. The molecular weight excluding hydrogens is 356 g/mol. The zero-order valence-electron chi connectivity index (χ0n) is 15.5. The Morgan fingerprint density at radius 2 is 1.85 bits per heavy atom. The Labute approximate surface area is 164 Å².